The van der Waals surface area contributed by atoms with Crippen molar-refractivity contribution in [2.75, 3.05) is 19.6 Å². The molecule has 1 saturated carbocycles. The maximum atomic E-state index is 13.6. The average Bonchev–Trinajstić information content (AvgIpc) is 3.74. The Hall–Kier alpha value is -3.67. The SMILES string of the molecule is Cc1cc(COC(=O)N2CCC(=O)N3[C@@H]2CN(Cc2ccc(F)cc2)C(=O)[C@@H]3CCNC2CC2)cc(C(F)(F)F)c1. The Morgan fingerprint density at radius 1 is 1.07 bits per heavy atom. The number of piperazine rings is 1. The van der Waals surface area contributed by atoms with Crippen molar-refractivity contribution in [3.8, 4) is 0 Å². The van der Waals surface area contributed by atoms with E-state index < -0.39 is 35.9 Å². The fourth-order valence-electron chi connectivity index (χ4n) is 5.47. The number of benzene rings is 2. The van der Waals surface area contributed by atoms with Gasteiger partial charge in [-0.15, -0.1) is 0 Å². The van der Waals surface area contributed by atoms with Crippen molar-refractivity contribution in [2.45, 2.75) is 70.2 Å². The van der Waals surface area contributed by atoms with Crippen LogP contribution >= 0.6 is 0 Å². The molecule has 0 bridgehead atoms. The van der Waals surface area contributed by atoms with Gasteiger partial charge in [0, 0.05) is 25.6 Å². The highest BCUT2D eigenvalue weighted by Crippen LogP contribution is 2.32. The number of carbonyl (C=O) groups excluding carboxylic acids is 3. The minimum Gasteiger partial charge on any atom is -0.444 e. The number of halogens is 4. The van der Waals surface area contributed by atoms with Crippen LogP contribution in [0.2, 0.25) is 0 Å². The highest BCUT2D eigenvalue weighted by atomic mass is 19.4. The number of hydrogen-bond donors (Lipinski definition) is 1. The van der Waals surface area contributed by atoms with Gasteiger partial charge in [-0.1, -0.05) is 23.8 Å². The first-order valence-electron chi connectivity index (χ1n) is 13.7. The molecule has 1 aliphatic carbocycles. The molecule has 2 aromatic carbocycles. The molecule has 3 aliphatic rings. The number of hydrogen-bond acceptors (Lipinski definition) is 5. The standard InChI is InChI=1S/C29H32F4N4O4/c1-18-12-20(14-21(13-18)29(31,32)33)17-41-28(40)36-11-9-26(38)37-24(8-10-34-23-6-7-23)27(39)35(16-25(36)37)15-19-2-4-22(30)5-3-19/h2-5,12-14,23-25,34H,6-11,15-17H2,1H3/t24-,25+/m0/s1. The number of nitrogens with one attached hydrogen (secondary N) is 1. The summed E-state index contributed by atoms with van der Waals surface area (Å²) in [5.41, 5.74) is 0.435. The van der Waals surface area contributed by atoms with Gasteiger partial charge in [-0.2, -0.15) is 13.2 Å². The first-order valence-corrected chi connectivity index (χ1v) is 13.7. The summed E-state index contributed by atoms with van der Waals surface area (Å²) >= 11 is 0. The molecule has 12 heteroatoms. The van der Waals surface area contributed by atoms with Crippen LogP contribution in [0.25, 0.3) is 0 Å². The zero-order valence-electron chi connectivity index (χ0n) is 22.6. The lowest BCUT2D eigenvalue weighted by Crippen LogP contribution is -2.71. The molecule has 2 aromatic rings. The maximum Gasteiger partial charge on any atom is 0.416 e. The molecule has 3 amide bonds. The van der Waals surface area contributed by atoms with Gasteiger partial charge in [-0.25, -0.2) is 9.18 Å². The van der Waals surface area contributed by atoms with E-state index in [0.29, 0.717) is 30.1 Å². The summed E-state index contributed by atoms with van der Waals surface area (Å²) in [6, 6.07) is 8.83. The Labute approximate surface area is 235 Å². The summed E-state index contributed by atoms with van der Waals surface area (Å²) in [5.74, 6) is -0.915. The number of ether oxygens (including phenoxy) is 1. The molecule has 0 unspecified atom stereocenters. The van der Waals surface area contributed by atoms with Crippen LogP contribution in [-0.4, -0.2) is 70.5 Å². The summed E-state index contributed by atoms with van der Waals surface area (Å²) in [6.07, 6.45) is -3.66. The summed E-state index contributed by atoms with van der Waals surface area (Å²) < 4.78 is 58.7. The van der Waals surface area contributed by atoms with Gasteiger partial charge >= 0.3 is 12.3 Å². The summed E-state index contributed by atoms with van der Waals surface area (Å²) in [4.78, 5) is 44.4. The van der Waals surface area contributed by atoms with Crippen molar-refractivity contribution < 1.29 is 36.7 Å². The lowest BCUT2D eigenvalue weighted by atomic mass is 10.0. The predicted molar refractivity (Wildman–Crippen MR) is 140 cm³/mol. The number of fused-ring (bicyclic) bond motifs is 1. The van der Waals surface area contributed by atoms with Gasteiger partial charge in [0.1, 0.15) is 24.6 Å². The number of rotatable bonds is 8. The van der Waals surface area contributed by atoms with Crippen LogP contribution in [0.15, 0.2) is 42.5 Å². The normalized spacial score (nSPS) is 21.2. The largest absolute Gasteiger partial charge is 0.444 e. The number of carbonyl (C=O) groups is 3. The highest BCUT2D eigenvalue weighted by molar-refractivity contribution is 5.90. The predicted octanol–water partition coefficient (Wildman–Crippen LogP) is 4.20. The molecular weight excluding hydrogens is 544 g/mol. The second-order valence-corrected chi connectivity index (χ2v) is 10.9. The van der Waals surface area contributed by atoms with E-state index >= 15 is 0 Å². The smallest absolute Gasteiger partial charge is 0.416 e. The highest BCUT2D eigenvalue weighted by Gasteiger charge is 2.49. The fourth-order valence-corrected chi connectivity index (χ4v) is 5.47. The second-order valence-electron chi connectivity index (χ2n) is 10.9. The van der Waals surface area contributed by atoms with E-state index in [-0.39, 0.29) is 50.0 Å². The summed E-state index contributed by atoms with van der Waals surface area (Å²) in [7, 11) is 0. The van der Waals surface area contributed by atoms with Crippen molar-refractivity contribution in [1.82, 2.24) is 20.0 Å². The van der Waals surface area contributed by atoms with Crippen LogP contribution in [0, 0.1) is 12.7 Å². The van der Waals surface area contributed by atoms with Crippen molar-refractivity contribution in [3.63, 3.8) is 0 Å². The van der Waals surface area contributed by atoms with E-state index in [4.69, 9.17) is 4.74 Å². The van der Waals surface area contributed by atoms with E-state index in [0.717, 1.165) is 25.0 Å². The number of alkyl halides is 3. The zero-order chi connectivity index (χ0) is 29.3. The molecule has 0 spiro atoms. The number of aryl methyl sites for hydroxylation is 1. The number of nitrogens with zero attached hydrogens (tertiary/aromatic N) is 3. The van der Waals surface area contributed by atoms with Crippen LogP contribution in [0.1, 0.15) is 47.9 Å². The quantitative estimate of drug-likeness (QED) is 0.477. The molecule has 41 heavy (non-hydrogen) atoms. The second kappa shape index (κ2) is 11.7. The van der Waals surface area contributed by atoms with Gasteiger partial charge < -0.3 is 19.9 Å². The first kappa shape index (κ1) is 28.8. The molecule has 5 rings (SSSR count). The molecule has 2 aliphatic heterocycles. The zero-order valence-corrected chi connectivity index (χ0v) is 22.6. The summed E-state index contributed by atoms with van der Waals surface area (Å²) in [5, 5.41) is 3.36. The van der Waals surface area contributed by atoms with Crippen molar-refractivity contribution in [3.05, 3.63) is 70.5 Å². The molecule has 2 atom stereocenters. The van der Waals surface area contributed by atoms with Crippen molar-refractivity contribution >= 4 is 17.9 Å². The molecule has 0 radical (unpaired) electrons. The third kappa shape index (κ3) is 6.80. The Bertz CT molecular complexity index is 1300. The molecule has 220 valence electrons. The minimum atomic E-state index is -4.54. The van der Waals surface area contributed by atoms with Gasteiger partial charge in [-0.3, -0.25) is 14.5 Å². The summed E-state index contributed by atoms with van der Waals surface area (Å²) in [6.45, 7) is 1.89. The monoisotopic (exact) mass is 576 g/mol. The van der Waals surface area contributed by atoms with Gasteiger partial charge in [0.05, 0.1) is 12.1 Å². The molecule has 1 N–H and O–H groups in total. The maximum absolute atomic E-state index is 13.6. The van der Waals surface area contributed by atoms with Crippen LogP contribution < -0.4 is 5.32 Å². The third-order valence-corrected chi connectivity index (χ3v) is 7.63. The van der Waals surface area contributed by atoms with Crippen LogP contribution in [0.3, 0.4) is 0 Å². The van der Waals surface area contributed by atoms with E-state index in [1.54, 1.807) is 17.0 Å². The topological polar surface area (TPSA) is 82.2 Å². The Kier molecular flexibility index (Phi) is 8.21. The van der Waals surface area contributed by atoms with E-state index in [1.807, 2.05) is 0 Å². The van der Waals surface area contributed by atoms with Gasteiger partial charge in [0.15, 0.2) is 0 Å². The van der Waals surface area contributed by atoms with Crippen LogP contribution in [0.4, 0.5) is 22.4 Å². The van der Waals surface area contributed by atoms with E-state index in [2.05, 4.69) is 5.32 Å². The Balaban J connectivity index is 1.35. The molecule has 2 heterocycles. The average molecular weight is 577 g/mol. The third-order valence-electron chi connectivity index (χ3n) is 7.63. The molecule has 8 nitrogen and oxygen atoms in total. The lowest BCUT2D eigenvalue weighted by molar-refractivity contribution is -0.168. The lowest BCUT2D eigenvalue weighted by Gasteiger charge is -2.51. The molecule has 3 fully saturated rings. The molecule has 2 saturated heterocycles. The van der Waals surface area contributed by atoms with Gasteiger partial charge in [0.25, 0.3) is 0 Å². The first-order chi connectivity index (χ1) is 19.5. The van der Waals surface area contributed by atoms with E-state index in [1.165, 1.54) is 34.9 Å². The molecular formula is C29H32F4N4O4. The van der Waals surface area contributed by atoms with Crippen molar-refractivity contribution in [2.24, 2.45) is 0 Å². The minimum absolute atomic E-state index is 0.00787. The Morgan fingerprint density at radius 2 is 1.80 bits per heavy atom. The Morgan fingerprint density at radius 3 is 2.49 bits per heavy atom. The van der Waals surface area contributed by atoms with Gasteiger partial charge in [-0.05, 0) is 68.1 Å². The van der Waals surface area contributed by atoms with Crippen molar-refractivity contribution in [1.29, 1.82) is 0 Å². The molecule has 0 aromatic heterocycles. The van der Waals surface area contributed by atoms with Gasteiger partial charge in [0.2, 0.25) is 11.8 Å². The fraction of sp³-hybridized carbons (Fsp3) is 0.483. The van der Waals surface area contributed by atoms with E-state index in [9.17, 15) is 31.9 Å². The van der Waals surface area contributed by atoms with Crippen LogP contribution in [-0.2, 0) is 33.7 Å². The van der Waals surface area contributed by atoms with Crippen LogP contribution in [0.5, 0.6) is 0 Å². The number of amides is 3.